The molecular formula is C16H24N2O3. The molecule has 0 aliphatic carbocycles. The molecule has 0 unspecified atom stereocenters. The molecule has 21 heavy (non-hydrogen) atoms. The second-order valence-corrected chi connectivity index (χ2v) is 5.71. The maximum Gasteiger partial charge on any atom is 0.431 e. The number of hydroxylamine groups is 1. The Morgan fingerprint density at radius 2 is 2.00 bits per heavy atom. The number of ether oxygens (including phenoxy) is 1. The summed E-state index contributed by atoms with van der Waals surface area (Å²) in [7, 11) is 0. The van der Waals surface area contributed by atoms with Crippen LogP contribution in [0, 0.1) is 0 Å². The molecular weight excluding hydrogens is 268 g/mol. The minimum atomic E-state index is -0.603. The Bertz CT molecular complexity index is 463. The highest BCUT2D eigenvalue weighted by atomic mass is 16.7. The first-order valence-electron chi connectivity index (χ1n) is 6.88. The highest BCUT2D eigenvalue weighted by molar-refractivity contribution is 5.66. The third-order valence-corrected chi connectivity index (χ3v) is 2.74. The molecule has 1 aromatic rings. The van der Waals surface area contributed by atoms with Gasteiger partial charge in [-0.25, -0.2) is 4.79 Å². The molecule has 0 aromatic heterocycles. The summed E-state index contributed by atoms with van der Waals surface area (Å²) in [6.45, 7) is 9.93. The number of rotatable bonds is 6. The molecule has 3 N–H and O–H groups in total. The predicted octanol–water partition coefficient (Wildman–Crippen LogP) is 2.87. The van der Waals surface area contributed by atoms with Gasteiger partial charge in [0.05, 0.1) is 6.61 Å². The highest BCUT2D eigenvalue weighted by Gasteiger charge is 2.15. The molecule has 5 nitrogen and oxygen atoms in total. The molecule has 5 heteroatoms. The quantitative estimate of drug-likeness (QED) is 0.624. The molecule has 0 radical (unpaired) electrons. The van der Waals surface area contributed by atoms with Crippen LogP contribution in [-0.4, -0.2) is 18.2 Å². The van der Waals surface area contributed by atoms with E-state index in [1.54, 1.807) is 20.8 Å². The van der Waals surface area contributed by atoms with Crippen LogP contribution in [0.3, 0.4) is 0 Å². The fourth-order valence-corrected chi connectivity index (χ4v) is 1.71. The minimum Gasteiger partial charge on any atom is -0.442 e. The van der Waals surface area contributed by atoms with E-state index in [0.29, 0.717) is 6.54 Å². The Labute approximate surface area is 126 Å². The third-order valence-electron chi connectivity index (χ3n) is 2.74. The lowest BCUT2D eigenvalue weighted by Gasteiger charge is -2.19. The van der Waals surface area contributed by atoms with Gasteiger partial charge in [0.15, 0.2) is 0 Å². The van der Waals surface area contributed by atoms with E-state index in [4.69, 9.17) is 15.3 Å². The van der Waals surface area contributed by atoms with Crippen LogP contribution < -0.4 is 11.2 Å². The lowest BCUT2D eigenvalue weighted by atomic mass is 9.98. The maximum absolute atomic E-state index is 11.4. The van der Waals surface area contributed by atoms with Gasteiger partial charge in [0, 0.05) is 12.5 Å². The second-order valence-electron chi connectivity index (χ2n) is 5.71. The van der Waals surface area contributed by atoms with Gasteiger partial charge in [-0.15, -0.1) is 6.58 Å². The van der Waals surface area contributed by atoms with Crippen molar-refractivity contribution in [3.8, 4) is 0 Å². The fraction of sp³-hybridized carbons (Fsp3) is 0.438. The molecule has 0 fully saturated rings. The van der Waals surface area contributed by atoms with E-state index in [2.05, 4.69) is 12.1 Å². The molecule has 1 aromatic carbocycles. The van der Waals surface area contributed by atoms with E-state index >= 15 is 0 Å². The normalized spacial score (nSPS) is 12.6. The van der Waals surface area contributed by atoms with Crippen molar-refractivity contribution >= 4 is 6.09 Å². The van der Waals surface area contributed by atoms with Gasteiger partial charge in [0.25, 0.3) is 0 Å². The van der Waals surface area contributed by atoms with Crippen LogP contribution in [0.5, 0.6) is 0 Å². The van der Waals surface area contributed by atoms with E-state index in [-0.39, 0.29) is 12.5 Å². The third kappa shape index (κ3) is 6.42. The van der Waals surface area contributed by atoms with Gasteiger partial charge in [0.2, 0.25) is 0 Å². The van der Waals surface area contributed by atoms with E-state index in [9.17, 15) is 4.79 Å². The monoisotopic (exact) mass is 292 g/mol. The number of carbonyl (C=O) groups is 1. The summed E-state index contributed by atoms with van der Waals surface area (Å²) >= 11 is 0. The number of nitrogens with one attached hydrogen (secondary N) is 1. The Morgan fingerprint density at radius 1 is 1.38 bits per heavy atom. The average Bonchev–Trinajstić information content (AvgIpc) is 2.40. The molecule has 0 aliphatic rings. The Hall–Kier alpha value is -1.85. The van der Waals surface area contributed by atoms with E-state index in [1.165, 1.54) is 0 Å². The summed E-state index contributed by atoms with van der Waals surface area (Å²) in [5.74, 6) is 0.153. The molecule has 1 rings (SSSR count). The lowest BCUT2D eigenvalue weighted by molar-refractivity contribution is -0.0137. The number of carbonyl (C=O) groups excluding carboxylic acids is 1. The minimum absolute atomic E-state index is 0.153. The maximum atomic E-state index is 11.4. The Balaban J connectivity index is 2.43. The van der Waals surface area contributed by atoms with Gasteiger partial charge < -0.3 is 10.5 Å². The molecule has 0 saturated carbocycles. The summed E-state index contributed by atoms with van der Waals surface area (Å²) in [6, 6.07) is 7.81. The van der Waals surface area contributed by atoms with Crippen LogP contribution in [0.15, 0.2) is 36.9 Å². The summed E-state index contributed by atoms with van der Waals surface area (Å²) < 4.78 is 5.06. The summed E-state index contributed by atoms with van der Waals surface area (Å²) in [5.41, 5.74) is 9.41. The zero-order chi connectivity index (χ0) is 15.9. The first kappa shape index (κ1) is 17.2. The first-order valence-corrected chi connectivity index (χ1v) is 6.88. The van der Waals surface area contributed by atoms with E-state index in [1.807, 2.05) is 30.3 Å². The van der Waals surface area contributed by atoms with Crippen molar-refractivity contribution in [3.63, 3.8) is 0 Å². The summed E-state index contributed by atoms with van der Waals surface area (Å²) in [5, 5.41) is 0. The molecule has 0 saturated heterocycles. The second kappa shape index (κ2) is 7.81. The number of nitrogens with two attached hydrogens (primary N) is 1. The molecule has 0 spiro atoms. The predicted molar refractivity (Wildman–Crippen MR) is 82.6 cm³/mol. The smallest absolute Gasteiger partial charge is 0.431 e. The highest BCUT2D eigenvalue weighted by Crippen LogP contribution is 2.16. The number of hydrogen-bond donors (Lipinski definition) is 2. The van der Waals surface area contributed by atoms with Gasteiger partial charge in [0.1, 0.15) is 5.60 Å². The van der Waals surface area contributed by atoms with Crippen molar-refractivity contribution in [2.75, 3.05) is 6.54 Å². The van der Waals surface area contributed by atoms with Crippen molar-refractivity contribution in [1.82, 2.24) is 5.48 Å². The zero-order valence-electron chi connectivity index (χ0n) is 12.9. The molecule has 0 aliphatic heterocycles. The van der Waals surface area contributed by atoms with Gasteiger partial charge in [-0.05, 0) is 31.9 Å². The Kier molecular flexibility index (Phi) is 6.39. The van der Waals surface area contributed by atoms with E-state index < -0.39 is 11.7 Å². The van der Waals surface area contributed by atoms with E-state index in [0.717, 1.165) is 11.1 Å². The topological polar surface area (TPSA) is 73.6 Å². The van der Waals surface area contributed by atoms with Gasteiger partial charge in [-0.3, -0.25) is 4.84 Å². The van der Waals surface area contributed by atoms with Crippen molar-refractivity contribution in [2.45, 2.75) is 38.9 Å². The van der Waals surface area contributed by atoms with Crippen LogP contribution >= 0.6 is 0 Å². The number of amides is 1. The van der Waals surface area contributed by atoms with Gasteiger partial charge in [-0.2, -0.15) is 5.48 Å². The van der Waals surface area contributed by atoms with Crippen molar-refractivity contribution in [3.05, 3.63) is 48.0 Å². The Morgan fingerprint density at radius 3 is 2.48 bits per heavy atom. The molecule has 1 atom stereocenters. The van der Waals surface area contributed by atoms with Gasteiger partial charge >= 0.3 is 6.09 Å². The molecule has 116 valence electrons. The van der Waals surface area contributed by atoms with Crippen LogP contribution in [0.4, 0.5) is 4.79 Å². The number of hydrogen-bond acceptors (Lipinski definition) is 4. The molecule has 0 heterocycles. The molecule has 1 amide bonds. The van der Waals surface area contributed by atoms with Gasteiger partial charge in [-0.1, -0.05) is 30.3 Å². The largest absolute Gasteiger partial charge is 0.442 e. The lowest BCUT2D eigenvalue weighted by Crippen LogP contribution is -2.32. The van der Waals surface area contributed by atoms with Crippen LogP contribution in [0.2, 0.25) is 0 Å². The number of benzene rings is 1. The standard InChI is InChI=1S/C16H24N2O3/c1-5-13(10-17)14-8-6-12(7-9-14)11-20-18-15(19)21-16(2,3)4/h5-9,13H,1,10-11,17H2,2-4H3,(H,18,19)/t13-/m0/s1. The zero-order valence-corrected chi connectivity index (χ0v) is 12.9. The SMILES string of the molecule is C=C[C@@H](CN)c1ccc(CONC(=O)OC(C)(C)C)cc1. The van der Waals surface area contributed by atoms with Crippen LogP contribution in [-0.2, 0) is 16.2 Å². The van der Waals surface area contributed by atoms with Crippen molar-refractivity contribution in [1.29, 1.82) is 0 Å². The fourth-order valence-electron chi connectivity index (χ4n) is 1.71. The van der Waals surface area contributed by atoms with Crippen LogP contribution in [0.1, 0.15) is 37.8 Å². The summed E-state index contributed by atoms with van der Waals surface area (Å²) in [6.07, 6.45) is 1.23. The van der Waals surface area contributed by atoms with Crippen molar-refractivity contribution in [2.24, 2.45) is 5.73 Å². The van der Waals surface area contributed by atoms with Crippen LogP contribution in [0.25, 0.3) is 0 Å². The molecule has 0 bridgehead atoms. The van der Waals surface area contributed by atoms with Crippen molar-refractivity contribution < 1.29 is 14.4 Å². The average molecular weight is 292 g/mol. The first-order chi connectivity index (χ1) is 9.85. The summed E-state index contributed by atoms with van der Waals surface area (Å²) in [4.78, 5) is 16.5.